The first-order valence-electron chi connectivity index (χ1n) is 9.53. The van der Waals surface area contributed by atoms with Crippen molar-refractivity contribution < 1.29 is 32.2 Å². The van der Waals surface area contributed by atoms with Crippen molar-refractivity contribution in [2.24, 2.45) is 0 Å². The maximum absolute atomic E-state index is 13.0. The molecular formula is C19H21F3N4O4. The van der Waals surface area contributed by atoms with E-state index in [1.807, 2.05) is 0 Å². The van der Waals surface area contributed by atoms with Crippen LogP contribution in [0.5, 0.6) is 5.75 Å². The van der Waals surface area contributed by atoms with Crippen molar-refractivity contribution in [2.45, 2.75) is 12.4 Å². The lowest BCUT2D eigenvalue weighted by Crippen LogP contribution is -2.52. The van der Waals surface area contributed by atoms with E-state index in [0.29, 0.717) is 63.1 Å². The second kappa shape index (κ2) is 8.52. The molecule has 8 nitrogen and oxygen atoms in total. The van der Waals surface area contributed by atoms with Crippen molar-refractivity contribution in [3.05, 3.63) is 36.3 Å². The summed E-state index contributed by atoms with van der Waals surface area (Å²) in [6, 6.07) is 5.02. The molecule has 0 saturated carbocycles. The second-order valence-corrected chi connectivity index (χ2v) is 6.92. The summed E-state index contributed by atoms with van der Waals surface area (Å²) in [7, 11) is 0. The monoisotopic (exact) mass is 426 g/mol. The fraction of sp³-hybridized carbons (Fsp3) is 0.474. The molecule has 1 atom stereocenters. The molecule has 0 aliphatic carbocycles. The first kappa shape index (κ1) is 20.5. The molecule has 2 aliphatic heterocycles. The Labute approximate surface area is 170 Å². The first-order valence-corrected chi connectivity index (χ1v) is 9.53. The summed E-state index contributed by atoms with van der Waals surface area (Å²) in [6.07, 6.45) is -3.15. The van der Waals surface area contributed by atoms with Crippen molar-refractivity contribution in [3.8, 4) is 17.0 Å². The van der Waals surface area contributed by atoms with E-state index < -0.39 is 6.36 Å². The zero-order valence-electron chi connectivity index (χ0n) is 16.0. The molecule has 2 amide bonds. The number of urea groups is 1. The van der Waals surface area contributed by atoms with Crippen molar-refractivity contribution in [1.29, 1.82) is 0 Å². The van der Waals surface area contributed by atoms with Gasteiger partial charge in [-0.2, -0.15) is 0 Å². The van der Waals surface area contributed by atoms with Crippen LogP contribution in [0.3, 0.4) is 0 Å². The van der Waals surface area contributed by atoms with Crippen LogP contribution in [-0.4, -0.2) is 78.2 Å². The number of carbonyl (C=O) groups excluding carboxylic acids is 1. The van der Waals surface area contributed by atoms with E-state index in [1.54, 1.807) is 16.0 Å². The van der Waals surface area contributed by atoms with E-state index in [9.17, 15) is 18.0 Å². The molecule has 2 aliphatic rings. The van der Waals surface area contributed by atoms with Crippen molar-refractivity contribution >= 4 is 6.03 Å². The lowest BCUT2D eigenvalue weighted by Gasteiger charge is -2.39. The number of rotatable bonds is 3. The Hall–Kier alpha value is -2.79. The maximum Gasteiger partial charge on any atom is 0.573 e. The van der Waals surface area contributed by atoms with E-state index >= 15 is 0 Å². The van der Waals surface area contributed by atoms with Crippen LogP contribution in [-0.2, 0) is 9.47 Å². The molecule has 0 radical (unpaired) electrons. The highest BCUT2D eigenvalue weighted by molar-refractivity contribution is 5.75. The van der Waals surface area contributed by atoms with Gasteiger partial charge in [0.2, 0.25) is 0 Å². The lowest BCUT2D eigenvalue weighted by atomic mass is 10.1. The lowest BCUT2D eigenvalue weighted by molar-refractivity contribution is -0.274. The van der Waals surface area contributed by atoms with E-state index in [1.165, 1.54) is 24.3 Å². The standard InChI is InChI=1S/C19H21F3N4O4/c20-19(21,22)30-14-3-1-13(2-4-14)15-11-23-17(24-15)16-12-29-10-7-26(16)18(27)25-5-8-28-9-6-25/h1-4,11,16H,5-10,12H2,(H,23,24). The summed E-state index contributed by atoms with van der Waals surface area (Å²) in [5.41, 5.74) is 1.26. The molecule has 162 valence electrons. The predicted octanol–water partition coefficient (Wildman–Crippen LogP) is 2.80. The molecule has 11 heteroatoms. The van der Waals surface area contributed by atoms with Gasteiger partial charge >= 0.3 is 12.4 Å². The second-order valence-electron chi connectivity index (χ2n) is 6.92. The normalized spacial score (nSPS) is 20.3. The van der Waals surface area contributed by atoms with Gasteiger partial charge in [-0.1, -0.05) is 0 Å². The van der Waals surface area contributed by atoms with E-state index in [4.69, 9.17) is 9.47 Å². The average Bonchev–Trinajstić information content (AvgIpc) is 3.23. The molecular weight excluding hydrogens is 405 g/mol. The molecule has 2 fully saturated rings. The Morgan fingerprint density at radius 3 is 2.50 bits per heavy atom. The number of hydrogen-bond donors (Lipinski definition) is 1. The van der Waals surface area contributed by atoms with Gasteiger partial charge in [0, 0.05) is 19.6 Å². The number of benzene rings is 1. The summed E-state index contributed by atoms with van der Waals surface area (Å²) in [5.74, 6) is 0.260. The molecule has 0 bridgehead atoms. The number of nitrogens with one attached hydrogen (secondary N) is 1. The predicted molar refractivity (Wildman–Crippen MR) is 98.8 cm³/mol. The minimum absolute atomic E-state index is 0.0850. The number of alkyl halides is 3. The van der Waals surface area contributed by atoms with Crippen LogP contribution >= 0.6 is 0 Å². The summed E-state index contributed by atoms with van der Waals surface area (Å²) in [6.45, 7) is 3.30. The average molecular weight is 426 g/mol. The highest BCUT2D eigenvalue weighted by atomic mass is 19.4. The third kappa shape index (κ3) is 4.68. The number of nitrogens with zero attached hydrogens (tertiary/aromatic N) is 3. The quantitative estimate of drug-likeness (QED) is 0.817. The number of aromatic amines is 1. The van der Waals surface area contributed by atoms with Gasteiger partial charge in [-0.3, -0.25) is 0 Å². The summed E-state index contributed by atoms with van der Waals surface area (Å²) in [5, 5.41) is 0. The van der Waals surface area contributed by atoms with Gasteiger partial charge in [-0.25, -0.2) is 9.78 Å². The Kier molecular flexibility index (Phi) is 5.82. The Morgan fingerprint density at radius 2 is 1.80 bits per heavy atom. The van der Waals surface area contributed by atoms with Gasteiger partial charge in [0.25, 0.3) is 0 Å². The third-order valence-electron chi connectivity index (χ3n) is 4.97. The SMILES string of the molecule is O=C(N1CCOCC1)N1CCOCC1c1ncc(-c2ccc(OC(F)(F)F)cc2)[nH]1. The van der Waals surface area contributed by atoms with Crippen LogP contribution in [0.15, 0.2) is 30.5 Å². The van der Waals surface area contributed by atoms with Crippen LogP contribution in [0.2, 0.25) is 0 Å². The van der Waals surface area contributed by atoms with E-state index in [0.717, 1.165) is 0 Å². The molecule has 30 heavy (non-hydrogen) atoms. The van der Waals surface area contributed by atoms with Crippen molar-refractivity contribution in [3.63, 3.8) is 0 Å². The molecule has 2 aromatic rings. The summed E-state index contributed by atoms with van der Waals surface area (Å²) < 4.78 is 51.7. The number of ether oxygens (including phenoxy) is 3. The summed E-state index contributed by atoms with van der Waals surface area (Å²) >= 11 is 0. The van der Waals surface area contributed by atoms with Crippen molar-refractivity contribution in [1.82, 2.24) is 19.8 Å². The molecule has 1 aromatic carbocycles. The largest absolute Gasteiger partial charge is 0.573 e. The maximum atomic E-state index is 13.0. The van der Waals surface area contributed by atoms with Gasteiger partial charge in [0.15, 0.2) is 0 Å². The first-order chi connectivity index (χ1) is 14.4. The van der Waals surface area contributed by atoms with Crippen LogP contribution in [0.1, 0.15) is 11.9 Å². The number of carbonyl (C=O) groups is 1. The van der Waals surface area contributed by atoms with Gasteiger partial charge in [-0.05, 0) is 29.8 Å². The van der Waals surface area contributed by atoms with Crippen LogP contribution in [0.4, 0.5) is 18.0 Å². The number of morpholine rings is 2. The molecule has 1 N–H and O–H groups in total. The van der Waals surface area contributed by atoms with E-state index in [-0.39, 0.29) is 17.8 Å². The van der Waals surface area contributed by atoms with Crippen LogP contribution in [0, 0.1) is 0 Å². The van der Waals surface area contributed by atoms with Gasteiger partial charge in [0.1, 0.15) is 17.6 Å². The molecule has 4 rings (SSSR count). The van der Waals surface area contributed by atoms with Crippen LogP contribution in [0.25, 0.3) is 11.3 Å². The highest BCUT2D eigenvalue weighted by Gasteiger charge is 2.34. The summed E-state index contributed by atoms with van der Waals surface area (Å²) in [4.78, 5) is 24.0. The van der Waals surface area contributed by atoms with Crippen LogP contribution < -0.4 is 4.74 Å². The fourth-order valence-electron chi connectivity index (χ4n) is 3.48. The number of hydrogen-bond acceptors (Lipinski definition) is 5. The smallest absolute Gasteiger partial charge is 0.406 e. The third-order valence-corrected chi connectivity index (χ3v) is 4.97. The molecule has 1 aromatic heterocycles. The number of imidazole rings is 1. The van der Waals surface area contributed by atoms with Crippen molar-refractivity contribution in [2.75, 3.05) is 46.1 Å². The van der Waals surface area contributed by atoms with Gasteiger partial charge in [0.05, 0.1) is 38.3 Å². The highest BCUT2D eigenvalue weighted by Crippen LogP contribution is 2.28. The minimum Gasteiger partial charge on any atom is -0.406 e. The Balaban J connectivity index is 1.49. The molecule has 1 unspecified atom stereocenters. The molecule has 2 saturated heterocycles. The Bertz CT molecular complexity index is 865. The van der Waals surface area contributed by atoms with Gasteiger partial charge in [-0.15, -0.1) is 13.2 Å². The molecule has 0 spiro atoms. The Morgan fingerprint density at radius 1 is 1.10 bits per heavy atom. The topological polar surface area (TPSA) is 79.9 Å². The van der Waals surface area contributed by atoms with E-state index in [2.05, 4.69) is 14.7 Å². The number of H-pyrrole nitrogens is 1. The number of amides is 2. The zero-order valence-corrected chi connectivity index (χ0v) is 16.0. The number of aromatic nitrogens is 2. The fourth-order valence-corrected chi connectivity index (χ4v) is 3.48. The molecule has 3 heterocycles. The van der Waals surface area contributed by atoms with Gasteiger partial charge < -0.3 is 29.0 Å². The minimum atomic E-state index is -4.74. The number of halogens is 3. The zero-order chi connectivity index (χ0) is 21.1.